The summed E-state index contributed by atoms with van der Waals surface area (Å²) in [4.78, 5) is 27.7. The predicted molar refractivity (Wildman–Crippen MR) is 104 cm³/mol. The monoisotopic (exact) mass is 379 g/mol. The second-order valence-electron chi connectivity index (χ2n) is 5.61. The highest BCUT2D eigenvalue weighted by Crippen LogP contribution is 2.35. The molecule has 0 radical (unpaired) electrons. The van der Waals surface area contributed by atoms with Gasteiger partial charge in [0, 0.05) is 6.20 Å². The number of hydrogen-bond acceptors (Lipinski definition) is 9. The van der Waals surface area contributed by atoms with Crippen LogP contribution in [-0.2, 0) is 0 Å². The van der Waals surface area contributed by atoms with Gasteiger partial charge in [-0.3, -0.25) is 15.1 Å². The Kier molecular flexibility index (Phi) is 4.30. The molecule has 3 heterocycles. The van der Waals surface area contributed by atoms with Gasteiger partial charge < -0.3 is 10.6 Å². The van der Waals surface area contributed by atoms with Crippen molar-refractivity contribution < 1.29 is 4.92 Å². The van der Waals surface area contributed by atoms with Crippen LogP contribution < -0.4 is 10.6 Å². The normalized spacial score (nSPS) is 10.7. The van der Waals surface area contributed by atoms with Crippen LogP contribution in [0.2, 0.25) is 0 Å². The average Bonchev–Trinajstić information content (AvgIpc) is 3.06. The number of pyridine rings is 1. The summed E-state index contributed by atoms with van der Waals surface area (Å²) in [5, 5.41) is 18.0. The second kappa shape index (κ2) is 6.92. The largest absolute Gasteiger partial charge is 0.353 e. The van der Waals surface area contributed by atoms with Crippen molar-refractivity contribution in [3.8, 4) is 0 Å². The van der Waals surface area contributed by atoms with E-state index in [2.05, 4.69) is 30.6 Å². The molecule has 0 saturated heterocycles. The summed E-state index contributed by atoms with van der Waals surface area (Å²) >= 11 is 1.40. The number of anilines is 4. The highest BCUT2D eigenvalue weighted by Gasteiger charge is 2.24. The summed E-state index contributed by atoms with van der Waals surface area (Å²) in [5.74, 6) is 0.140. The van der Waals surface area contributed by atoms with Crippen molar-refractivity contribution in [2.24, 2.45) is 0 Å². The van der Waals surface area contributed by atoms with Gasteiger partial charge >= 0.3 is 5.69 Å². The zero-order valence-electron chi connectivity index (χ0n) is 14.1. The minimum Gasteiger partial charge on any atom is -0.333 e. The molecule has 0 atom stereocenters. The van der Waals surface area contributed by atoms with Crippen molar-refractivity contribution in [2.45, 2.75) is 6.92 Å². The Morgan fingerprint density at radius 2 is 1.93 bits per heavy atom. The number of para-hydroxylation sites is 1. The summed E-state index contributed by atoms with van der Waals surface area (Å²) in [6.07, 6.45) is 4.42. The molecule has 0 bridgehead atoms. The number of fused-ring (bicyclic) bond motifs is 1. The van der Waals surface area contributed by atoms with Crippen LogP contribution in [-0.4, -0.2) is 24.9 Å². The molecule has 27 heavy (non-hydrogen) atoms. The lowest BCUT2D eigenvalue weighted by Gasteiger charge is -2.08. The second-order valence-corrected chi connectivity index (χ2v) is 6.64. The van der Waals surface area contributed by atoms with E-state index >= 15 is 0 Å². The highest BCUT2D eigenvalue weighted by molar-refractivity contribution is 7.22. The minimum absolute atomic E-state index is 0.0677. The summed E-state index contributed by atoms with van der Waals surface area (Å²) in [7, 11) is 0. The molecule has 4 rings (SSSR count). The smallest absolute Gasteiger partial charge is 0.333 e. The van der Waals surface area contributed by atoms with Gasteiger partial charge in [-0.1, -0.05) is 23.5 Å². The third-order valence-corrected chi connectivity index (χ3v) is 4.71. The lowest BCUT2D eigenvalue weighted by Crippen LogP contribution is -2.05. The van der Waals surface area contributed by atoms with Crippen molar-refractivity contribution in [3.05, 3.63) is 64.7 Å². The first kappa shape index (κ1) is 16.8. The number of hydrogen-bond donors (Lipinski definition) is 2. The van der Waals surface area contributed by atoms with E-state index in [1.165, 1.54) is 17.7 Å². The minimum atomic E-state index is -0.528. The van der Waals surface area contributed by atoms with Crippen molar-refractivity contribution in [3.63, 3.8) is 0 Å². The SMILES string of the molecule is Cc1cccc2sc(Nc3ncnc(Nc4cccnc4)c3[N+](=O)[O-])nc12. The first-order valence-electron chi connectivity index (χ1n) is 7.91. The highest BCUT2D eigenvalue weighted by atomic mass is 32.1. The summed E-state index contributed by atoms with van der Waals surface area (Å²) < 4.78 is 0.989. The zero-order valence-corrected chi connectivity index (χ0v) is 14.9. The van der Waals surface area contributed by atoms with Gasteiger partial charge in [0.05, 0.1) is 27.0 Å². The quantitative estimate of drug-likeness (QED) is 0.391. The van der Waals surface area contributed by atoms with Crippen LogP contribution >= 0.6 is 11.3 Å². The molecule has 10 heteroatoms. The first-order valence-corrected chi connectivity index (χ1v) is 8.73. The molecule has 0 spiro atoms. The molecule has 0 saturated carbocycles. The van der Waals surface area contributed by atoms with Crippen LogP contribution in [0.15, 0.2) is 49.1 Å². The van der Waals surface area contributed by atoms with E-state index in [1.54, 1.807) is 24.5 Å². The van der Waals surface area contributed by atoms with Gasteiger partial charge in [-0.25, -0.2) is 15.0 Å². The molecular weight excluding hydrogens is 366 g/mol. The van der Waals surface area contributed by atoms with Gasteiger partial charge in [-0.05, 0) is 30.7 Å². The maximum absolute atomic E-state index is 11.7. The van der Waals surface area contributed by atoms with Crippen LogP contribution in [0.4, 0.5) is 28.1 Å². The van der Waals surface area contributed by atoms with E-state index in [4.69, 9.17) is 0 Å². The summed E-state index contributed by atoms with van der Waals surface area (Å²) in [5.41, 5.74) is 2.21. The molecule has 0 aliphatic heterocycles. The maximum Gasteiger partial charge on any atom is 0.353 e. The number of thiazole rings is 1. The Balaban J connectivity index is 1.72. The van der Waals surface area contributed by atoms with Crippen LogP contribution in [0.3, 0.4) is 0 Å². The molecule has 9 nitrogen and oxygen atoms in total. The van der Waals surface area contributed by atoms with E-state index in [1.807, 2.05) is 25.1 Å². The average molecular weight is 379 g/mol. The molecule has 0 unspecified atom stereocenters. The van der Waals surface area contributed by atoms with Gasteiger partial charge in [-0.2, -0.15) is 0 Å². The molecule has 2 N–H and O–H groups in total. The molecule has 1 aromatic carbocycles. The fourth-order valence-electron chi connectivity index (χ4n) is 2.55. The van der Waals surface area contributed by atoms with E-state index in [-0.39, 0.29) is 17.3 Å². The summed E-state index contributed by atoms with van der Waals surface area (Å²) in [6.45, 7) is 1.97. The molecule has 4 aromatic rings. The molecule has 0 aliphatic carbocycles. The molecule has 3 aromatic heterocycles. The summed E-state index contributed by atoms with van der Waals surface area (Å²) in [6, 6.07) is 9.33. The molecule has 0 fully saturated rings. The Labute approximate surface area is 157 Å². The fraction of sp³-hybridized carbons (Fsp3) is 0.0588. The van der Waals surface area contributed by atoms with E-state index in [0.29, 0.717) is 10.8 Å². The van der Waals surface area contributed by atoms with Crippen molar-refractivity contribution >= 4 is 49.7 Å². The van der Waals surface area contributed by atoms with Crippen molar-refractivity contribution in [1.29, 1.82) is 0 Å². The van der Waals surface area contributed by atoms with Crippen molar-refractivity contribution in [2.75, 3.05) is 10.6 Å². The van der Waals surface area contributed by atoms with E-state index < -0.39 is 4.92 Å². The van der Waals surface area contributed by atoms with Crippen LogP contribution in [0.25, 0.3) is 10.2 Å². The number of nitro groups is 1. The molecule has 0 aliphatic rings. The van der Waals surface area contributed by atoms with Gasteiger partial charge in [0.15, 0.2) is 5.13 Å². The van der Waals surface area contributed by atoms with Crippen LogP contribution in [0.5, 0.6) is 0 Å². The van der Waals surface area contributed by atoms with Crippen molar-refractivity contribution in [1.82, 2.24) is 19.9 Å². The number of rotatable bonds is 5. The van der Waals surface area contributed by atoms with E-state index in [0.717, 1.165) is 15.8 Å². The Bertz CT molecular complexity index is 1130. The number of aromatic nitrogens is 4. The predicted octanol–water partition coefficient (Wildman–Crippen LogP) is 4.19. The number of benzene rings is 1. The standard InChI is InChI=1S/C17H13N7O2S/c1-10-4-2-6-12-13(10)22-17(27-12)23-16-14(24(25)26)15(19-9-20-16)21-11-5-3-7-18-8-11/h2-9H,1H3,(H2,19,20,21,22,23). The fourth-order valence-corrected chi connectivity index (χ4v) is 3.49. The van der Waals surface area contributed by atoms with Crippen LogP contribution in [0.1, 0.15) is 5.56 Å². The third kappa shape index (κ3) is 3.37. The first-order chi connectivity index (χ1) is 13.1. The van der Waals surface area contributed by atoms with E-state index in [9.17, 15) is 10.1 Å². The van der Waals surface area contributed by atoms with Gasteiger partial charge in [-0.15, -0.1) is 0 Å². The molecule has 134 valence electrons. The lowest BCUT2D eigenvalue weighted by atomic mass is 10.2. The number of nitrogens with one attached hydrogen (secondary N) is 2. The van der Waals surface area contributed by atoms with Crippen LogP contribution in [0, 0.1) is 17.0 Å². The molecule has 0 amide bonds. The molecular formula is C17H13N7O2S. The Morgan fingerprint density at radius 3 is 2.63 bits per heavy atom. The zero-order chi connectivity index (χ0) is 18.8. The number of nitrogens with zero attached hydrogens (tertiary/aromatic N) is 5. The van der Waals surface area contributed by atoms with Gasteiger partial charge in [0.1, 0.15) is 6.33 Å². The Morgan fingerprint density at radius 1 is 1.11 bits per heavy atom. The number of aryl methyl sites for hydroxylation is 1. The third-order valence-electron chi connectivity index (χ3n) is 3.78. The van der Waals surface area contributed by atoms with Gasteiger partial charge in [0.25, 0.3) is 0 Å². The van der Waals surface area contributed by atoms with Gasteiger partial charge in [0.2, 0.25) is 11.6 Å². The topological polar surface area (TPSA) is 119 Å². The Hall–Kier alpha value is -3.66. The maximum atomic E-state index is 11.7. The lowest BCUT2D eigenvalue weighted by molar-refractivity contribution is -0.383.